The highest BCUT2D eigenvalue weighted by Gasteiger charge is 2.50. The van der Waals surface area contributed by atoms with Gasteiger partial charge in [-0.2, -0.15) is 0 Å². The first-order chi connectivity index (χ1) is 10.8. The quantitative estimate of drug-likeness (QED) is 0.726. The van der Waals surface area contributed by atoms with Gasteiger partial charge in [0.05, 0.1) is 18.6 Å². The molecule has 0 amide bonds. The highest BCUT2D eigenvalue weighted by Crippen LogP contribution is 2.44. The number of benzene rings is 1. The minimum atomic E-state index is -1.32. The van der Waals surface area contributed by atoms with Gasteiger partial charge in [-0.25, -0.2) is 0 Å². The average molecular weight is 316 g/mol. The number of hydrogen-bond acceptors (Lipinski definition) is 4. The predicted molar refractivity (Wildman–Crippen MR) is 84.3 cm³/mol. The van der Waals surface area contributed by atoms with Crippen LogP contribution in [-0.4, -0.2) is 34.0 Å². The molecule has 0 spiro atoms. The normalized spacial score (nSPS) is 26.6. The summed E-state index contributed by atoms with van der Waals surface area (Å²) in [6.07, 6.45) is 0.184. The van der Waals surface area contributed by atoms with E-state index >= 15 is 0 Å². The summed E-state index contributed by atoms with van der Waals surface area (Å²) in [6, 6.07) is 7.61. The van der Waals surface area contributed by atoms with Crippen molar-refractivity contribution in [3.05, 3.63) is 57.0 Å². The molecule has 0 bridgehead atoms. The number of aliphatic hydroxyl groups is 1. The molecule has 0 saturated carbocycles. The smallest absolute Gasteiger partial charge is 0.312 e. The lowest BCUT2D eigenvalue weighted by Gasteiger charge is -2.40. The fourth-order valence-corrected chi connectivity index (χ4v) is 3.52. The summed E-state index contributed by atoms with van der Waals surface area (Å²) in [7, 11) is 1.29. The zero-order chi connectivity index (χ0) is 16.8. The van der Waals surface area contributed by atoms with Crippen molar-refractivity contribution in [2.24, 2.45) is 5.92 Å². The molecule has 1 aromatic carbocycles. The summed E-state index contributed by atoms with van der Waals surface area (Å²) in [5.74, 6) is -1.93. The minimum Gasteiger partial charge on any atom is -0.469 e. The topological polar surface area (TPSA) is 95.2 Å². The van der Waals surface area contributed by atoms with E-state index in [1.54, 1.807) is 6.92 Å². The fraction of sp³-hybridized carbons (Fsp3) is 0.412. The predicted octanol–water partition coefficient (Wildman–Crippen LogP) is 1.24. The van der Waals surface area contributed by atoms with Crippen LogP contribution in [0.25, 0.3) is 0 Å². The number of ether oxygens (including phenoxy) is 1. The molecule has 6 nitrogen and oxygen atoms in total. The molecule has 6 heteroatoms. The summed E-state index contributed by atoms with van der Waals surface area (Å²) >= 11 is 0. The number of esters is 1. The second-order valence-corrected chi connectivity index (χ2v) is 6.39. The number of carbonyl (C=O) groups excluding carboxylic acids is 1. The van der Waals surface area contributed by atoms with Gasteiger partial charge in [0.25, 0.3) is 5.56 Å². The van der Waals surface area contributed by atoms with Gasteiger partial charge in [0, 0.05) is 23.6 Å². The molecule has 1 heterocycles. The van der Waals surface area contributed by atoms with Gasteiger partial charge in [-0.1, -0.05) is 29.8 Å². The molecule has 3 N–H and O–H groups in total. The van der Waals surface area contributed by atoms with Gasteiger partial charge < -0.3 is 14.9 Å². The van der Waals surface area contributed by atoms with Crippen LogP contribution in [-0.2, 0) is 16.0 Å². The molecule has 0 radical (unpaired) electrons. The Bertz CT molecular complexity index is 786. The van der Waals surface area contributed by atoms with Crippen molar-refractivity contribution in [3.8, 4) is 0 Å². The molecule has 2 aromatic rings. The largest absolute Gasteiger partial charge is 0.469 e. The Morgan fingerprint density at radius 1 is 1.30 bits per heavy atom. The second kappa shape index (κ2) is 5.38. The number of carbonyl (C=O) groups is 1. The molecule has 0 unspecified atom stereocenters. The number of fused-ring (bicyclic) bond motifs is 1. The van der Waals surface area contributed by atoms with Crippen LogP contribution in [0, 0.1) is 12.8 Å². The standard InChI is InChI=1S/C17H20N2O4/c1-9-4-6-10(7-5-9)12-13-11(18-19-15(13)20)8-17(2,22)14(12)16(21)23-3/h4-7,12,14,22H,8H2,1-3H3,(H2,18,19,20)/t12-,14-,17-/m0/s1. The highest BCUT2D eigenvalue weighted by atomic mass is 16.5. The van der Waals surface area contributed by atoms with Crippen molar-refractivity contribution in [2.75, 3.05) is 7.11 Å². The molecule has 23 heavy (non-hydrogen) atoms. The summed E-state index contributed by atoms with van der Waals surface area (Å²) < 4.78 is 4.91. The second-order valence-electron chi connectivity index (χ2n) is 6.39. The van der Waals surface area contributed by atoms with Crippen molar-refractivity contribution < 1.29 is 14.6 Å². The van der Waals surface area contributed by atoms with Crippen LogP contribution in [0.15, 0.2) is 29.1 Å². The lowest BCUT2D eigenvalue weighted by Crippen LogP contribution is -2.49. The van der Waals surface area contributed by atoms with Gasteiger partial charge in [-0.3, -0.25) is 14.7 Å². The maximum atomic E-state index is 12.4. The zero-order valence-electron chi connectivity index (χ0n) is 13.3. The third-order valence-corrected chi connectivity index (χ3v) is 4.64. The molecule has 1 aliphatic carbocycles. The number of rotatable bonds is 2. The number of aromatic nitrogens is 2. The van der Waals surface area contributed by atoms with E-state index in [2.05, 4.69) is 10.2 Å². The molecule has 0 fully saturated rings. The molecule has 0 saturated heterocycles. The fourth-order valence-electron chi connectivity index (χ4n) is 3.52. The van der Waals surface area contributed by atoms with Gasteiger partial charge in [-0.15, -0.1) is 0 Å². The van der Waals surface area contributed by atoms with Crippen molar-refractivity contribution >= 4 is 5.97 Å². The number of nitrogens with one attached hydrogen (secondary N) is 2. The van der Waals surface area contributed by atoms with Crippen LogP contribution >= 0.6 is 0 Å². The van der Waals surface area contributed by atoms with Crippen LogP contribution in [0.3, 0.4) is 0 Å². The monoisotopic (exact) mass is 316 g/mol. The van der Waals surface area contributed by atoms with E-state index in [0.717, 1.165) is 11.1 Å². The first kappa shape index (κ1) is 15.6. The Morgan fingerprint density at radius 2 is 1.96 bits per heavy atom. The number of H-pyrrole nitrogens is 2. The third-order valence-electron chi connectivity index (χ3n) is 4.64. The Hall–Kier alpha value is -2.34. The lowest BCUT2D eigenvalue weighted by atomic mass is 9.66. The molecular formula is C17H20N2O4. The van der Waals surface area contributed by atoms with Gasteiger partial charge >= 0.3 is 5.97 Å². The Kier molecular flexibility index (Phi) is 3.64. The van der Waals surface area contributed by atoms with Crippen LogP contribution in [0.5, 0.6) is 0 Å². The number of methoxy groups -OCH3 is 1. The summed E-state index contributed by atoms with van der Waals surface area (Å²) in [6.45, 7) is 3.57. The van der Waals surface area contributed by atoms with Gasteiger partial charge in [0.1, 0.15) is 0 Å². The molecule has 3 rings (SSSR count). The van der Waals surface area contributed by atoms with E-state index in [0.29, 0.717) is 11.3 Å². The van der Waals surface area contributed by atoms with Crippen molar-refractivity contribution in [3.63, 3.8) is 0 Å². The van der Waals surface area contributed by atoms with E-state index in [-0.39, 0.29) is 12.0 Å². The van der Waals surface area contributed by atoms with Gasteiger partial charge in [-0.05, 0) is 19.4 Å². The SMILES string of the molecule is COC(=O)[C@@H]1[C@@H](c2ccc(C)cc2)c2c([nH][nH]c2=O)C[C@]1(C)O. The zero-order valence-corrected chi connectivity index (χ0v) is 13.3. The Morgan fingerprint density at radius 3 is 2.57 bits per heavy atom. The summed E-state index contributed by atoms with van der Waals surface area (Å²) in [5, 5.41) is 16.2. The summed E-state index contributed by atoms with van der Waals surface area (Å²) in [4.78, 5) is 24.6. The van der Waals surface area contributed by atoms with Crippen LogP contribution in [0.4, 0.5) is 0 Å². The maximum absolute atomic E-state index is 12.4. The number of aromatic amines is 2. The van der Waals surface area contributed by atoms with Crippen LogP contribution < -0.4 is 5.56 Å². The Labute approximate surface area is 133 Å². The van der Waals surface area contributed by atoms with Crippen LogP contribution in [0.1, 0.15) is 35.2 Å². The van der Waals surface area contributed by atoms with Crippen LogP contribution in [0.2, 0.25) is 0 Å². The van der Waals surface area contributed by atoms with E-state index in [4.69, 9.17) is 4.74 Å². The number of hydrogen-bond donors (Lipinski definition) is 3. The first-order valence-corrected chi connectivity index (χ1v) is 7.51. The van der Waals surface area contributed by atoms with Crippen molar-refractivity contribution in [2.45, 2.75) is 31.8 Å². The molecule has 1 aromatic heterocycles. The maximum Gasteiger partial charge on any atom is 0.312 e. The molecular weight excluding hydrogens is 296 g/mol. The Balaban J connectivity index is 2.24. The molecule has 1 aliphatic rings. The first-order valence-electron chi connectivity index (χ1n) is 7.51. The van der Waals surface area contributed by atoms with E-state index in [1.165, 1.54) is 7.11 Å². The van der Waals surface area contributed by atoms with Gasteiger partial charge in [0.15, 0.2) is 0 Å². The molecule has 122 valence electrons. The lowest BCUT2D eigenvalue weighted by molar-refractivity contribution is -0.156. The third kappa shape index (κ3) is 2.49. The summed E-state index contributed by atoms with van der Waals surface area (Å²) in [5.41, 5.74) is 1.42. The van der Waals surface area contributed by atoms with Gasteiger partial charge in [0.2, 0.25) is 0 Å². The van der Waals surface area contributed by atoms with Crippen molar-refractivity contribution in [1.82, 2.24) is 10.2 Å². The molecule has 0 aliphatic heterocycles. The highest BCUT2D eigenvalue weighted by molar-refractivity contribution is 5.77. The molecule has 3 atom stereocenters. The van der Waals surface area contributed by atoms with E-state index in [9.17, 15) is 14.7 Å². The van der Waals surface area contributed by atoms with E-state index < -0.39 is 23.4 Å². The van der Waals surface area contributed by atoms with Crippen molar-refractivity contribution in [1.29, 1.82) is 0 Å². The number of aryl methyl sites for hydroxylation is 1. The average Bonchev–Trinajstić information content (AvgIpc) is 2.85. The minimum absolute atomic E-state index is 0.184. The van der Waals surface area contributed by atoms with E-state index in [1.807, 2.05) is 31.2 Å².